The molecule has 0 bridgehead atoms. The largest absolute Gasteiger partial charge is 0.310 e. The van der Waals surface area contributed by atoms with Gasteiger partial charge in [0.05, 0.1) is 0 Å². The Hall–Kier alpha value is -1.38. The van der Waals surface area contributed by atoms with Gasteiger partial charge in [-0.3, -0.25) is 0 Å². The summed E-state index contributed by atoms with van der Waals surface area (Å²) < 4.78 is 13.9. The summed E-state index contributed by atoms with van der Waals surface area (Å²) in [6.45, 7) is 3.01. The molecule has 0 radical (unpaired) electrons. The van der Waals surface area contributed by atoms with Crippen LogP contribution in [0.3, 0.4) is 0 Å². The molecule has 0 saturated carbocycles. The van der Waals surface area contributed by atoms with E-state index in [4.69, 9.17) is 11.6 Å². The van der Waals surface area contributed by atoms with Crippen molar-refractivity contribution >= 4 is 11.6 Å². The van der Waals surface area contributed by atoms with Crippen molar-refractivity contribution in [3.8, 4) is 0 Å². The zero-order valence-electron chi connectivity index (χ0n) is 11.6. The zero-order valence-corrected chi connectivity index (χ0v) is 12.3. The number of nitrogens with one attached hydrogen (secondary N) is 1. The molecule has 0 aliphatic carbocycles. The third-order valence-electron chi connectivity index (χ3n) is 3.31. The number of benzene rings is 2. The third-order valence-corrected chi connectivity index (χ3v) is 3.67. The minimum Gasteiger partial charge on any atom is -0.310 e. The fourth-order valence-electron chi connectivity index (χ4n) is 2.24. The molecule has 106 valence electrons. The molecule has 1 atom stereocenters. The van der Waals surface area contributed by atoms with E-state index >= 15 is 0 Å². The van der Waals surface area contributed by atoms with Crippen molar-refractivity contribution in [2.24, 2.45) is 0 Å². The van der Waals surface area contributed by atoms with Crippen molar-refractivity contribution in [3.63, 3.8) is 0 Å². The molecule has 1 N–H and O–H groups in total. The summed E-state index contributed by atoms with van der Waals surface area (Å²) in [5, 5.41) is 3.95. The van der Waals surface area contributed by atoms with Crippen LogP contribution in [0.5, 0.6) is 0 Å². The quantitative estimate of drug-likeness (QED) is 0.809. The first-order valence-electron chi connectivity index (χ1n) is 6.93. The first kappa shape index (κ1) is 15.0. The summed E-state index contributed by atoms with van der Waals surface area (Å²) in [7, 11) is 0. The molecule has 2 rings (SSSR count). The topological polar surface area (TPSA) is 12.0 Å². The molecule has 1 nitrogen and oxygen atoms in total. The van der Waals surface area contributed by atoms with Gasteiger partial charge in [0.1, 0.15) is 5.82 Å². The Balaban J connectivity index is 2.24. The molecule has 0 aromatic heterocycles. The maximum absolute atomic E-state index is 13.9. The molecule has 0 aliphatic rings. The van der Waals surface area contributed by atoms with E-state index in [2.05, 4.69) is 24.4 Å². The Bertz CT molecular complexity index is 522. The van der Waals surface area contributed by atoms with Gasteiger partial charge in [-0.1, -0.05) is 54.9 Å². The Morgan fingerprint density at radius 1 is 1.10 bits per heavy atom. The lowest BCUT2D eigenvalue weighted by molar-refractivity contribution is 0.513. The lowest BCUT2D eigenvalue weighted by Crippen LogP contribution is -2.24. The van der Waals surface area contributed by atoms with E-state index in [1.165, 1.54) is 6.07 Å². The fraction of sp³-hybridized carbons (Fsp3) is 0.294. The van der Waals surface area contributed by atoms with Crippen LogP contribution in [-0.4, -0.2) is 6.54 Å². The highest BCUT2D eigenvalue weighted by atomic mass is 35.5. The minimum atomic E-state index is -0.239. The summed E-state index contributed by atoms with van der Waals surface area (Å²) in [5.41, 5.74) is 1.73. The number of hydrogen-bond donors (Lipinski definition) is 1. The van der Waals surface area contributed by atoms with E-state index < -0.39 is 0 Å². The van der Waals surface area contributed by atoms with Crippen molar-refractivity contribution in [2.45, 2.75) is 25.8 Å². The molecular formula is C17H19ClFN. The second-order valence-electron chi connectivity index (χ2n) is 4.82. The molecule has 0 saturated heterocycles. The van der Waals surface area contributed by atoms with Crippen molar-refractivity contribution in [3.05, 3.63) is 70.5 Å². The van der Waals surface area contributed by atoms with Crippen LogP contribution >= 0.6 is 11.6 Å². The van der Waals surface area contributed by atoms with E-state index in [-0.39, 0.29) is 11.9 Å². The number of rotatable bonds is 6. The van der Waals surface area contributed by atoms with Crippen molar-refractivity contribution < 1.29 is 4.39 Å². The van der Waals surface area contributed by atoms with Crippen LogP contribution in [0.15, 0.2) is 48.5 Å². The lowest BCUT2D eigenvalue weighted by Gasteiger charge is -2.20. The number of halogens is 2. The second-order valence-corrected chi connectivity index (χ2v) is 5.23. The van der Waals surface area contributed by atoms with Crippen LogP contribution in [0.4, 0.5) is 4.39 Å². The predicted molar refractivity (Wildman–Crippen MR) is 82.6 cm³/mol. The van der Waals surface area contributed by atoms with Gasteiger partial charge >= 0.3 is 0 Å². The summed E-state index contributed by atoms with van der Waals surface area (Å²) in [6.07, 6.45) is 1.59. The van der Waals surface area contributed by atoms with Crippen LogP contribution in [0.2, 0.25) is 5.02 Å². The Kier molecular flexibility index (Phi) is 5.57. The van der Waals surface area contributed by atoms with Gasteiger partial charge in [-0.25, -0.2) is 4.39 Å². The Labute approximate surface area is 124 Å². The Morgan fingerprint density at radius 2 is 1.85 bits per heavy atom. The summed E-state index contributed by atoms with van der Waals surface area (Å²) >= 11 is 6.13. The summed E-state index contributed by atoms with van der Waals surface area (Å²) in [6, 6.07) is 15.0. The summed E-state index contributed by atoms with van der Waals surface area (Å²) in [4.78, 5) is 0. The molecule has 3 heteroatoms. The molecule has 0 fully saturated rings. The first-order valence-corrected chi connectivity index (χ1v) is 7.31. The first-order chi connectivity index (χ1) is 9.72. The standard InChI is InChI=1S/C17H19ClFN/c1-2-11-20-17(13-7-4-3-5-8-13)12-14-15(18)9-6-10-16(14)19/h3-10,17,20H,2,11-12H2,1H3. The van der Waals surface area contributed by atoms with E-state index in [1.54, 1.807) is 12.1 Å². The predicted octanol–water partition coefficient (Wildman–Crippen LogP) is 4.76. The van der Waals surface area contributed by atoms with E-state index in [9.17, 15) is 4.39 Å². The van der Waals surface area contributed by atoms with Gasteiger partial charge in [-0.2, -0.15) is 0 Å². The SMILES string of the molecule is CCCNC(Cc1c(F)cccc1Cl)c1ccccc1. The van der Waals surface area contributed by atoms with Crippen LogP contribution in [0.1, 0.15) is 30.5 Å². The van der Waals surface area contributed by atoms with Gasteiger partial charge in [0.25, 0.3) is 0 Å². The fourth-order valence-corrected chi connectivity index (χ4v) is 2.48. The monoisotopic (exact) mass is 291 g/mol. The van der Waals surface area contributed by atoms with Crippen LogP contribution in [0.25, 0.3) is 0 Å². The van der Waals surface area contributed by atoms with Gasteiger partial charge in [0, 0.05) is 16.6 Å². The van der Waals surface area contributed by atoms with Crippen molar-refractivity contribution in [1.82, 2.24) is 5.32 Å². The summed E-state index contributed by atoms with van der Waals surface area (Å²) in [5.74, 6) is -0.239. The molecule has 2 aromatic carbocycles. The van der Waals surface area contributed by atoms with E-state index in [0.717, 1.165) is 18.5 Å². The van der Waals surface area contributed by atoms with Gasteiger partial charge in [0.15, 0.2) is 0 Å². The normalized spacial score (nSPS) is 12.3. The molecule has 0 spiro atoms. The molecular weight excluding hydrogens is 273 g/mol. The molecule has 0 aliphatic heterocycles. The smallest absolute Gasteiger partial charge is 0.127 e. The van der Waals surface area contributed by atoms with E-state index in [1.807, 2.05) is 18.2 Å². The van der Waals surface area contributed by atoms with Crippen molar-refractivity contribution in [2.75, 3.05) is 6.54 Å². The van der Waals surface area contributed by atoms with Gasteiger partial charge in [0.2, 0.25) is 0 Å². The average Bonchev–Trinajstić information content (AvgIpc) is 2.47. The average molecular weight is 292 g/mol. The molecule has 2 aromatic rings. The van der Waals surface area contributed by atoms with Crippen LogP contribution in [-0.2, 0) is 6.42 Å². The minimum absolute atomic E-state index is 0.0746. The second kappa shape index (κ2) is 7.41. The van der Waals surface area contributed by atoms with Crippen molar-refractivity contribution in [1.29, 1.82) is 0 Å². The highest BCUT2D eigenvalue weighted by molar-refractivity contribution is 6.31. The lowest BCUT2D eigenvalue weighted by atomic mass is 9.98. The molecule has 0 amide bonds. The van der Waals surface area contributed by atoms with Gasteiger partial charge in [-0.05, 0) is 37.1 Å². The molecule has 0 heterocycles. The highest BCUT2D eigenvalue weighted by Crippen LogP contribution is 2.25. The maximum Gasteiger partial charge on any atom is 0.127 e. The highest BCUT2D eigenvalue weighted by Gasteiger charge is 2.15. The third kappa shape index (κ3) is 3.81. The number of hydrogen-bond acceptors (Lipinski definition) is 1. The zero-order chi connectivity index (χ0) is 14.4. The van der Waals surface area contributed by atoms with Crippen LogP contribution in [0, 0.1) is 5.82 Å². The van der Waals surface area contributed by atoms with E-state index in [0.29, 0.717) is 17.0 Å². The maximum atomic E-state index is 13.9. The van der Waals surface area contributed by atoms with Gasteiger partial charge in [-0.15, -0.1) is 0 Å². The molecule has 20 heavy (non-hydrogen) atoms. The van der Waals surface area contributed by atoms with Gasteiger partial charge < -0.3 is 5.32 Å². The van der Waals surface area contributed by atoms with Crippen LogP contribution < -0.4 is 5.32 Å². The molecule has 1 unspecified atom stereocenters. The Morgan fingerprint density at radius 3 is 2.50 bits per heavy atom.